The average molecular weight is 195 g/mol. The highest BCUT2D eigenvalue weighted by atomic mass is 16.1. The molecule has 0 radical (unpaired) electrons. The van der Waals surface area contributed by atoms with Gasteiger partial charge in [-0.2, -0.15) is 0 Å². The average Bonchev–Trinajstić information content (AvgIpc) is 2.14. The summed E-state index contributed by atoms with van der Waals surface area (Å²) in [6.07, 6.45) is 1.54. The molecule has 14 heavy (non-hydrogen) atoms. The molecule has 0 unspecified atom stereocenters. The van der Waals surface area contributed by atoms with Gasteiger partial charge in [-0.05, 0) is 18.9 Å². The summed E-state index contributed by atoms with van der Waals surface area (Å²) in [6, 6.07) is 1.83. The Morgan fingerprint density at radius 3 is 2.79 bits per heavy atom. The van der Waals surface area contributed by atoms with Gasteiger partial charge in [0.2, 0.25) is 0 Å². The minimum absolute atomic E-state index is 0.287. The van der Waals surface area contributed by atoms with Crippen molar-refractivity contribution < 1.29 is 0 Å². The molecule has 0 fully saturated rings. The molecule has 0 atom stereocenters. The Kier molecular flexibility index (Phi) is 3.68. The lowest BCUT2D eigenvalue weighted by molar-refractivity contribution is 0.613. The molecule has 1 heterocycles. The van der Waals surface area contributed by atoms with Gasteiger partial charge in [-0.3, -0.25) is 4.98 Å². The van der Waals surface area contributed by atoms with Crippen molar-refractivity contribution in [2.75, 3.05) is 18.0 Å². The molecular formula is C10H17N3O. The van der Waals surface area contributed by atoms with E-state index in [4.69, 9.17) is 0 Å². The van der Waals surface area contributed by atoms with Gasteiger partial charge in [0.05, 0.1) is 0 Å². The molecule has 4 heteroatoms. The van der Waals surface area contributed by atoms with E-state index in [1.807, 2.05) is 6.07 Å². The number of nitrogens with one attached hydrogen (secondary N) is 1. The van der Waals surface area contributed by atoms with E-state index in [-0.39, 0.29) is 5.69 Å². The number of nitrogens with zero attached hydrogens (tertiary/aromatic N) is 2. The minimum atomic E-state index is -0.287. The Bertz CT molecular complexity index is 332. The summed E-state index contributed by atoms with van der Waals surface area (Å²) in [4.78, 5) is 19.5. The van der Waals surface area contributed by atoms with Gasteiger partial charge in [0.15, 0.2) is 0 Å². The molecule has 0 saturated heterocycles. The topological polar surface area (TPSA) is 49.0 Å². The molecule has 1 aromatic rings. The summed E-state index contributed by atoms with van der Waals surface area (Å²) in [5.41, 5.74) is -0.287. The van der Waals surface area contributed by atoms with Gasteiger partial charge >= 0.3 is 5.69 Å². The van der Waals surface area contributed by atoms with Crippen LogP contribution in [0, 0.1) is 5.92 Å². The van der Waals surface area contributed by atoms with Crippen LogP contribution in [0.4, 0.5) is 5.82 Å². The molecule has 0 bridgehead atoms. The quantitative estimate of drug-likeness (QED) is 0.786. The molecule has 1 rings (SSSR count). The minimum Gasteiger partial charge on any atom is -0.358 e. The van der Waals surface area contributed by atoms with E-state index in [1.54, 1.807) is 0 Å². The fraction of sp³-hybridized carbons (Fsp3) is 0.600. The van der Waals surface area contributed by atoms with Crippen LogP contribution in [0.3, 0.4) is 0 Å². The van der Waals surface area contributed by atoms with Crippen LogP contribution in [0.25, 0.3) is 0 Å². The number of H-pyrrole nitrogens is 1. The van der Waals surface area contributed by atoms with Crippen molar-refractivity contribution in [2.45, 2.75) is 20.8 Å². The van der Waals surface area contributed by atoms with Crippen LogP contribution in [0.15, 0.2) is 17.1 Å². The molecule has 0 aliphatic carbocycles. The molecule has 0 aliphatic rings. The van der Waals surface area contributed by atoms with E-state index in [0.29, 0.717) is 5.92 Å². The summed E-state index contributed by atoms with van der Waals surface area (Å²) < 4.78 is 0. The van der Waals surface area contributed by atoms with Crippen LogP contribution in [0.1, 0.15) is 20.8 Å². The van der Waals surface area contributed by atoms with Crippen LogP contribution in [0.5, 0.6) is 0 Å². The summed E-state index contributed by atoms with van der Waals surface area (Å²) in [7, 11) is 0. The first-order valence-corrected chi connectivity index (χ1v) is 4.93. The number of aromatic amines is 1. The maximum Gasteiger partial charge on any atom is 0.346 e. The number of hydrogen-bond donors (Lipinski definition) is 1. The van der Waals surface area contributed by atoms with E-state index in [2.05, 4.69) is 35.6 Å². The first kappa shape index (κ1) is 10.8. The monoisotopic (exact) mass is 195 g/mol. The van der Waals surface area contributed by atoms with E-state index >= 15 is 0 Å². The smallest absolute Gasteiger partial charge is 0.346 e. The van der Waals surface area contributed by atoms with Crippen molar-refractivity contribution in [3.05, 3.63) is 22.7 Å². The van der Waals surface area contributed by atoms with Crippen molar-refractivity contribution >= 4 is 5.82 Å². The summed E-state index contributed by atoms with van der Waals surface area (Å²) in [5, 5.41) is 0. The van der Waals surface area contributed by atoms with Gasteiger partial charge < -0.3 is 4.90 Å². The zero-order valence-electron chi connectivity index (χ0n) is 8.95. The molecule has 0 amide bonds. The van der Waals surface area contributed by atoms with Gasteiger partial charge in [-0.25, -0.2) is 9.78 Å². The summed E-state index contributed by atoms with van der Waals surface area (Å²) >= 11 is 0. The van der Waals surface area contributed by atoms with Gasteiger partial charge in [0, 0.05) is 19.3 Å². The van der Waals surface area contributed by atoms with Crippen molar-refractivity contribution in [3.63, 3.8) is 0 Å². The SMILES string of the molecule is CCN(CC(C)C)c1ccnc(=O)[nH]1. The van der Waals surface area contributed by atoms with Crippen LogP contribution in [-0.2, 0) is 0 Å². The number of aromatic nitrogens is 2. The van der Waals surface area contributed by atoms with E-state index < -0.39 is 0 Å². The first-order chi connectivity index (χ1) is 6.63. The van der Waals surface area contributed by atoms with Gasteiger partial charge in [0.1, 0.15) is 5.82 Å². The molecule has 78 valence electrons. The molecule has 0 aliphatic heterocycles. The third-order valence-corrected chi connectivity index (χ3v) is 1.97. The first-order valence-electron chi connectivity index (χ1n) is 4.93. The van der Waals surface area contributed by atoms with E-state index in [0.717, 1.165) is 18.9 Å². The predicted molar refractivity (Wildman–Crippen MR) is 57.6 cm³/mol. The van der Waals surface area contributed by atoms with Crippen LogP contribution >= 0.6 is 0 Å². The highest BCUT2D eigenvalue weighted by Crippen LogP contribution is 2.08. The normalized spacial score (nSPS) is 10.6. The van der Waals surface area contributed by atoms with E-state index in [9.17, 15) is 4.79 Å². The van der Waals surface area contributed by atoms with Crippen LogP contribution < -0.4 is 10.6 Å². The van der Waals surface area contributed by atoms with Crippen molar-refractivity contribution in [1.82, 2.24) is 9.97 Å². The molecule has 1 N–H and O–H groups in total. The Morgan fingerprint density at radius 2 is 2.29 bits per heavy atom. The largest absolute Gasteiger partial charge is 0.358 e. The molecule has 4 nitrogen and oxygen atoms in total. The maximum absolute atomic E-state index is 11.0. The predicted octanol–water partition coefficient (Wildman–Crippen LogP) is 1.25. The standard InChI is InChI=1S/C10H17N3O/c1-4-13(7-8(2)3)9-5-6-11-10(14)12-9/h5-6,8H,4,7H2,1-3H3,(H,11,12,14). The highest BCUT2D eigenvalue weighted by Gasteiger charge is 2.06. The van der Waals surface area contributed by atoms with Crippen molar-refractivity contribution in [3.8, 4) is 0 Å². The fourth-order valence-electron chi connectivity index (χ4n) is 1.38. The Balaban J connectivity index is 2.83. The number of anilines is 1. The Hall–Kier alpha value is -1.32. The second-order valence-electron chi connectivity index (χ2n) is 3.69. The fourth-order valence-corrected chi connectivity index (χ4v) is 1.38. The highest BCUT2D eigenvalue weighted by molar-refractivity contribution is 5.35. The maximum atomic E-state index is 11.0. The molecule has 1 aromatic heterocycles. The lowest BCUT2D eigenvalue weighted by Crippen LogP contribution is -2.29. The lowest BCUT2D eigenvalue weighted by atomic mass is 10.2. The molecule has 0 aromatic carbocycles. The lowest BCUT2D eigenvalue weighted by Gasteiger charge is -2.23. The van der Waals surface area contributed by atoms with Crippen molar-refractivity contribution in [1.29, 1.82) is 0 Å². The van der Waals surface area contributed by atoms with Gasteiger partial charge in [-0.1, -0.05) is 13.8 Å². The molecule has 0 spiro atoms. The summed E-state index contributed by atoms with van der Waals surface area (Å²) in [6.45, 7) is 8.21. The zero-order chi connectivity index (χ0) is 10.6. The van der Waals surface area contributed by atoms with Crippen LogP contribution in [-0.4, -0.2) is 23.1 Å². The second kappa shape index (κ2) is 4.79. The molecular weight excluding hydrogens is 178 g/mol. The zero-order valence-corrected chi connectivity index (χ0v) is 8.95. The van der Waals surface area contributed by atoms with Gasteiger partial charge in [-0.15, -0.1) is 0 Å². The van der Waals surface area contributed by atoms with Crippen LogP contribution in [0.2, 0.25) is 0 Å². The third kappa shape index (κ3) is 2.87. The summed E-state index contributed by atoms with van der Waals surface area (Å²) in [5.74, 6) is 1.42. The van der Waals surface area contributed by atoms with Crippen molar-refractivity contribution in [2.24, 2.45) is 5.92 Å². The second-order valence-corrected chi connectivity index (χ2v) is 3.69. The molecule has 0 saturated carbocycles. The number of rotatable bonds is 4. The van der Waals surface area contributed by atoms with Gasteiger partial charge in [0.25, 0.3) is 0 Å². The Labute approximate surface area is 84.0 Å². The van der Waals surface area contributed by atoms with E-state index in [1.165, 1.54) is 6.20 Å². The Morgan fingerprint density at radius 1 is 1.57 bits per heavy atom. The third-order valence-electron chi connectivity index (χ3n) is 1.97. The number of hydrogen-bond acceptors (Lipinski definition) is 3.